The summed E-state index contributed by atoms with van der Waals surface area (Å²) in [6.07, 6.45) is -1.78. The first-order valence-corrected chi connectivity index (χ1v) is 6.21. The number of aromatic nitrogens is 3. The Kier molecular flexibility index (Phi) is 4.08. The van der Waals surface area contributed by atoms with Crippen LogP contribution in [-0.2, 0) is 12.7 Å². The zero-order valence-electron chi connectivity index (χ0n) is 11.2. The summed E-state index contributed by atoms with van der Waals surface area (Å²) in [5.74, 6) is 0.167. The second-order valence-electron chi connectivity index (χ2n) is 4.40. The minimum absolute atomic E-state index is 0.114. The molecule has 0 bridgehead atoms. The largest absolute Gasteiger partial charge is 0.433 e. The van der Waals surface area contributed by atoms with Crippen LogP contribution in [0.25, 0.3) is 5.82 Å². The SMILES string of the molecule is CCNCc1cnn(-c2cc(C)ccn2)c1C(F)(F)F. The Morgan fingerprint density at radius 2 is 2.10 bits per heavy atom. The molecular formula is C13H15F3N4. The second kappa shape index (κ2) is 5.62. The highest BCUT2D eigenvalue weighted by molar-refractivity contribution is 5.33. The monoisotopic (exact) mass is 284 g/mol. The molecule has 0 aromatic carbocycles. The average Bonchev–Trinajstić information content (AvgIpc) is 2.80. The maximum absolute atomic E-state index is 13.2. The van der Waals surface area contributed by atoms with Crippen LogP contribution in [0, 0.1) is 6.92 Å². The van der Waals surface area contributed by atoms with Crippen LogP contribution < -0.4 is 5.32 Å². The highest BCUT2D eigenvalue weighted by Gasteiger charge is 2.38. The first-order chi connectivity index (χ1) is 9.43. The molecule has 4 nitrogen and oxygen atoms in total. The first kappa shape index (κ1) is 14.5. The molecule has 0 saturated heterocycles. The number of aryl methyl sites for hydroxylation is 1. The Morgan fingerprint density at radius 3 is 2.70 bits per heavy atom. The molecule has 2 aromatic rings. The summed E-state index contributed by atoms with van der Waals surface area (Å²) in [6, 6.07) is 3.29. The van der Waals surface area contributed by atoms with Crippen molar-refractivity contribution < 1.29 is 13.2 Å². The van der Waals surface area contributed by atoms with Crippen LogP contribution in [0.4, 0.5) is 13.2 Å². The van der Waals surface area contributed by atoms with Crippen molar-refractivity contribution in [2.24, 2.45) is 0 Å². The number of hydrogen-bond donors (Lipinski definition) is 1. The minimum Gasteiger partial charge on any atom is -0.313 e. The Labute approximate surface area is 114 Å². The summed E-state index contributed by atoms with van der Waals surface area (Å²) in [4.78, 5) is 3.96. The third-order valence-electron chi connectivity index (χ3n) is 2.80. The van der Waals surface area contributed by atoms with Gasteiger partial charge in [-0.05, 0) is 31.2 Å². The number of alkyl halides is 3. The standard InChI is InChI=1S/C13H15F3N4/c1-3-17-7-10-8-19-20(12(10)13(14,15)16)11-6-9(2)4-5-18-11/h4-6,8,17H,3,7H2,1-2H3. The van der Waals surface area contributed by atoms with Gasteiger partial charge in [0, 0.05) is 18.3 Å². The average molecular weight is 284 g/mol. The highest BCUT2D eigenvalue weighted by atomic mass is 19.4. The van der Waals surface area contributed by atoms with Crippen LogP contribution in [0.15, 0.2) is 24.5 Å². The van der Waals surface area contributed by atoms with E-state index in [1.807, 2.05) is 6.92 Å². The van der Waals surface area contributed by atoms with Crippen LogP contribution in [0.2, 0.25) is 0 Å². The molecule has 0 atom stereocenters. The van der Waals surface area contributed by atoms with Crippen molar-refractivity contribution in [2.45, 2.75) is 26.6 Å². The van der Waals surface area contributed by atoms with E-state index in [0.29, 0.717) is 6.54 Å². The van der Waals surface area contributed by atoms with E-state index in [-0.39, 0.29) is 17.9 Å². The summed E-state index contributed by atoms with van der Waals surface area (Å²) in [6.45, 7) is 4.34. The highest BCUT2D eigenvalue weighted by Crippen LogP contribution is 2.33. The van der Waals surface area contributed by atoms with E-state index in [0.717, 1.165) is 10.2 Å². The van der Waals surface area contributed by atoms with Gasteiger partial charge in [-0.3, -0.25) is 0 Å². The van der Waals surface area contributed by atoms with Crippen LogP contribution in [0.1, 0.15) is 23.7 Å². The van der Waals surface area contributed by atoms with Crippen LogP contribution in [0.5, 0.6) is 0 Å². The summed E-state index contributed by atoms with van der Waals surface area (Å²) >= 11 is 0. The molecule has 2 rings (SSSR count). The van der Waals surface area contributed by atoms with E-state index in [4.69, 9.17) is 0 Å². The summed E-state index contributed by atoms with van der Waals surface area (Å²) < 4.78 is 40.6. The topological polar surface area (TPSA) is 42.7 Å². The van der Waals surface area contributed by atoms with Gasteiger partial charge in [-0.15, -0.1) is 0 Å². The minimum atomic E-state index is -4.48. The van der Waals surface area contributed by atoms with Crippen molar-refractivity contribution in [1.29, 1.82) is 0 Å². The van der Waals surface area contributed by atoms with Crippen molar-refractivity contribution >= 4 is 0 Å². The quantitative estimate of drug-likeness (QED) is 0.938. The van der Waals surface area contributed by atoms with Crippen LogP contribution in [-0.4, -0.2) is 21.3 Å². The van der Waals surface area contributed by atoms with Gasteiger partial charge in [0.1, 0.15) is 0 Å². The lowest BCUT2D eigenvalue weighted by Crippen LogP contribution is -2.19. The summed E-state index contributed by atoms with van der Waals surface area (Å²) in [5, 5.41) is 6.72. The fourth-order valence-corrected chi connectivity index (χ4v) is 1.88. The van der Waals surface area contributed by atoms with Crippen molar-refractivity contribution in [1.82, 2.24) is 20.1 Å². The van der Waals surface area contributed by atoms with Crippen LogP contribution >= 0.6 is 0 Å². The molecule has 108 valence electrons. The molecule has 2 heterocycles. The molecule has 0 fully saturated rings. The van der Waals surface area contributed by atoms with E-state index in [2.05, 4.69) is 15.4 Å². The number of pyridine rings is 1. The lowest BCUT2D eigenvalue weighted by atomic mass is 10.2. The van der Waals surface area contributed by atoms with Crippen molar-refractivity contribution in [2.75, 3.05) is 6.54 Å². The molecule has 0 unspecified atom stereocenters. The van der Waals surface area contributed by atoms with Gasteiger partial charge < -0.3 is 5.32 Å². The lowest BCUT2D eigenvalue weighted by molar-refractivity contribution is -0.143. The van der Waals surface area contributed by atoms with Gasteiger partial charge in [0.25, 0.3) is 0 Å². The van der Waals surface area contributed by atoms with Gasteiger partial charge in [-0.1, -0.05) is 6.92 Å². The third-order valence-corrected chi connectivity index (χ3v) is 2.80. The Balaban J connectivity index is 2.51. The third kappa shape index (κ3) is 2.98. The van der Waals surface area contributed by atoms with Gasteiger partial charge in [0.2, 0.25) is 0 Å². The molecule has 0 spiro atoms. The van der Waals surface area contributed by atoms with Crippen molar-refractivity contribution in [3.05, 3.63) is 41.3 Å². The number of halogens is 3. The fourth-order valence-electron chi connectivity index (χ4n) is 1.88. The van der Waals surface area contributed by atoms with Crippen molar-refractivity contribution in [3.8, 4) is 5.82 Å². The maximum atomic E-state index is 13.2. The second-order valence-corrected chi connectivity index (χ2v) is 4.40. The van der Waals surface area contributed by atoms with Gasteiger partial charge >= 0.3 is 6.18 Å². The molecule has 2 aromatic heterocycles. The van der Waals surface area contributed by atoms with Crippen LogP contribution in [0.3, 0.4) is 0 Å². The number of nitrogens with zero attached hydrogens (tertiary/aromatic N) is 3. The zero-order chi connectivity index (χ0) is 14.8. The summed E-state index contributed by atoms with van der Waals surface area (Å²) in [7, 11) is 0. The van der Waals surface area contributed by atoms with Gasteiger partial charge in [-0.25, -0.2) is 9.67 Å². The molecule has 7 heteroatoms. The smallest absolute Gasteiger partial charge is 0.313 e. The predicted octanol–water partition coefficient (Wildman–Crippen LogP) is 2.70. The molecular weight excluding hydrogens is 269 g/mol. The lowest BCUT2D eigenvalue weighted by Gasteiger charge is -2.12. The molecule has 0 aliphatic heterocycles. The number of rotatable bonds is 4. The van der Waals surface area contributed by atoms with Gasteiger partial charge in [-0.2, -0.15) is 18.3 Å². The molecule has 0 radical (unpaired) electrons. The Morgan fingerprint density at radius 1 is 1.35 bits per heavy atom. The number of hydrogen-bond acceptors (Lipinski definition) is 3. The Hall–Kier alpha value is -1.89. The molecule has 0 aliphatic rings. The molecule has 1 N–H and O–H groups in total. The van der Waals surface area contributed by atoms with Gasteiger partial charge in [0.05, 0.1) is 6.20 Å². The number of nitrogens with one attached hydrogen (secondary N) is 1. The normalized spacial score (nSPS) is 11.8. The molecule has 0 amide bonds. The molecule has 20 heavy (non-hydrogen) atoms. The molecule has 0 saturated carbocycles. The van der Waals surface area contributed by atoms with E-state index < -0.39 is 11.9 Å². The van der Waals surface area contributed by atoms with Gasteiger partial charge in [0.15, 0.2) is 11.5 Å². The van der Waals surface area contributed by atoms with E-state index in [9.17, 15) is 13.2 Å². The van der Waals surface area contributed by atoms with E-state index in [1.54, 1.807) is 19.1 Å². The predicted molar refractivity (Wildman–Crippen MR) is 68.5 cm³/mol. The molecule has 0 aliphatic carbocycles. The first-order valence-electron chi connectivity index (χ1n) is 6.21. The zero-order valence-corrected chi connectivity index (χ0v) is 11.2. The Bertz CT molecular complexity index is 590. The summed E-state index contributed by atoms with van der Waals surface area (Å²) in [5.41, 5.74) is 0.158. The maximum Gasteiger partial charge on any atom is 0.433 e. The van der Waals surface area contributed by atoms with E-state index in [1.165, 1.54) is 12.4 Å². The van der Waals surface area contributed by atoms with E-state index >= 15 is 0 Å². The fraction of sp³-hybridized carbons (Fsp3) is 0.385. The van der Waals surface area contributed by atoms with Crippen molar-refractivity contribution in [3.63, 3.8) is 0 Å².